The minimum Gasteiger partial charge on any atom is -0.368 e. The summed E-state index contributed by atoms with van der Waals surface area (Å²) in [5.41, 5.74) is 11.0. The third-order valence-corrected chi connectivity index (χ3v) is 7.81. The molecule has 0 aliphatic carbocycles. The van der Waals surface area contributed by atoms with Crippen LogP contribution in [0.3, 0.4) is 0 Å². The van der Waals surface area contributed by atoms with Crippen LogP contribution in [0.15, 0.2) is 67.0 Å². The Balaban J connectivity index is 1.40. The lowest BCUT2D eigenvalue weighted by molar-refractivity contribution is -0.129. The summed E-state index contributed by atoms with van der Waals surface area (Å²) in [6.45, 7) is 4.66. The van der Waals surface area contributed by atoms with Gasteiger partial charge in [-0.2, -0.15) is 0 Å². The Morgan fingerprint density at radius 1 is 0.923 bits per heavy atom. The van der Waals surface area contributed by atoms with Crippen molar-refractivity contribution >= 4 is 57.3 Å². The van der Waals surface area contributed by atoms with Crippen LogP contribution in [0.5, 0.6) is 0 Å². The monoisotopic (exact) mass is 558 g/mol. The first-order valence-corrected chi connectivity index (χ1v) is 13.2. The number of hydrogen-bond acceptors (Lipinski definition) is 5. The Hall–Kier alpha value is -4.14. The van der Waals surface area contributed by atoms with Gasteiger partial charge in [0.15, 0.2) is 0 Å². The van der Waals surface area contributed by atoms with Crippen LogP contribution in [-0.4, -0.2) is 57.3 Å². The van der Waals surface area contributed by atoms with Crippen LogP contribution in [0, 0.1) is 0 Å². The molecule has 0 unspecified atom stereocenters. The molecule has 0 radical (unpaired) electrons. The van der Waals surface area contributed by atoms with Crippen LogP contribution in [0.2, 0.25) is 10.0 Å². The van der Waals surface area contributed by atoms with Crippen molar-refractivity contribution in [2.45, 2.75) is 6.92 Å². The Bertz CT molecular complexity index is 1740. The van der Waals surface area contributed by atoms with Gasteiger partial charge in [-0.15, -0.1) is 0 Å². The topological polar surface area (TPSA) is 96.8 Å². The van der Waals surface area contributed by atoms with Crippen LogP contribution in [0.1, 0.15) is 17.4 Å². The van der Waals surface area contributed by atoms with Crippen molar-refractivity contribution in [2.24, 2.45) is 5.73 Å². The molecular weight excluding hydrogens is 535 g/mol. The molecule has 39 heavy (non-hydrogen) atoms. The molecule has 1 fully saturated rings. The van der Waals surface area contributed by atoms with Crippen molar-refractivity contribution in [3.8, 4) is 22.4 Å². The van der Waals surface area contributed by atoms with Gasteiger partial charge in [0.2, 0.25) is 5.91 Å². The first kappa shape index (κ1) is 25.2. The molecule has 1 aliphatic heterocycles. The number of primary amides is 1. The average Bonchev–Trinajstić information content (AvgIpc) is 3.33. The molecule has 0 atom stereocenters. The van der Waals surface area contributed by atoms with E-state index in [1.165, 1.54) is 0 Å². The number of anilines is 1. The summed E-state index contributed by atoms with van der Waals surface area (Å²) >= 11 is 12.9. The number of imidazole rings is 1. The molecule has 2 N–H and O–H groups in total. The molecule has 2 amide bonds. The van der Waals surface area contributed by atoms with E-state index in [-0.39, 0.29) is 11.6 Å². The molecule has 196 valence electrons. The number of rotatable bonds is 4. The molecular formula is C29H24Cl2N6O2. The zero-order chi connectivity index (χ0) is 27.3. The fraction of sp³-hybridized carbons (Fsp3) is 0.172. The third kappa shape index (κ3) is 4.45. The van der Waals surface area contributed by atoms with E-state index in [2.05, 4.69) is 34.1 Å². The van der Waals surface area contributed by atoms with Gasteiger partial charge < -0.3 is 15.5 Å². The second-order valence-electron chi connectivity index (χ2n) is 9.48. The van der Waals surface area contributed by atoms with E-state index in [1.807, 2.05) is 23.2 Å². The smallest absolute Gasteiger partial charge is 0.268 e. The maximum absolute atomic E-state index is 12.6. The highest BCUT2D eigenvalue weighted by atomic mass is 35.5. The number of carbonyl (C=O) groups excluding carboxylic acids is 2. The maximum atomic E-state index is 12.6. The lowest BCUT2D eigenvalue weighted by atomic mass is 10.1. The Morgan fingerprint density at radius 2 is 1.62 bits per heavy atom. The molecule has 5 aromatic rings. The number of halogens is 2. The quantitative estimate of drug-likeness (QED) is 0.323. The second-order valence-corrected chi connectivity index (χ2v) is 10.3. The van der Waals surface area contributed by atoms with Crippen LogP contribution >= 0.6 is 23.2 Å². The molecule has 2 aromatic carbocycles. The molecule has 0 spiro atoms. The van der Waals surface area contributed by atoms with Crippen LogP contribution < -0.4 is 10.6 Å². The predicted octanol–water partition coefficient (Wildman–Crippen LogP) is 5.29. The first-order chi connectivity index (χ1) is 18.8. The molecule has 1 aliphatic rings. The van der Waals surface area contributed by atoms with E-state index in [1.54, 1.807) is 35.7 Å². The van der Waals surface area contributed by atoms with Gasteiger partial charge in [-0.25, -0.2) is 4.98 Å². The van der Waals surface area contributed by atoms with E-state index in [0.717, 1.165) is 53.9 Å². The molecule has 4 heterocycles. The number of nitrogens with zero attached hydrogens (tertiary/aromatic N) is 5. The van der Waals surface area contributed by atoms with E-state index >= 15 is 0 Å². The summed E-state index contributed by atoms with van der Waals surface area (Å²) in [7, 11) is 0. The van der Waals surface area contributed by atoms with Gasteiger partial charge >= 0.3 is 0 Å². The van der Waals surface area contributed by atoms with Gasteiger partial charge in [0.1, 0.15) is 17.0 Å². The van der Waals surface area contributed by atoms with Crippen molar-refractivity contribution in [1.82, 2.24) is 19.3 Å². The molecule has 10 heteroatoms. The highest BCUT2D eigenvalue weighted by molar-refractivity contribution is 6.39. The van der Waals surface area contributed by atoms with Crippen LogP contribution in [0.25, 0.3) is 38.9 Å². The molecule has 0 saturated carbocycles. The molecule has 1 saturated heterocycles. The minimum absolute atomic E-state index is 0.116. The highest BCUT2D eigenvalue weighted by Gasteiger charge is 2.24. The second kappa shape index (κ2) is 9.87. The number of benzene rings is 2. The van der Waals surface area contributed by atoms with Crippen molar-refractivity contribution < 1.29 is 9.59 Å². The van der Waals surface area contributed by atoms with Gasteiger partial charge in [0, 0.05) is 67.7 Å². The number of carbonyl (C=O) groups is 2. The fourth-order valence-electron chi connectivity index (χ4n) is 5.14. The van der Waals surface area contributed by atoms with Gasteiger partial charge in [-0.05, 0) is 42.0 Å². The first-order valence-electron chi connectivity index (χ1n) is 12.5. The third-order valence-electron chi connectivity index (χ3n) is 7.18. The minimum atomic E-state index is -0.642. The van der Waals surface area contributed by atoms with Gasteiger partial charge in [-0.3, -0.25) is 19.0 Å². The fourth-order valence-corrected chi connectivity index (χ4v) is 5.71. The van der Waals surface area contributed by atoms with Crippen molar-refractivity contribution in [3.05, 3.63) is 82.7 Å². The number of piperazine rings is 1. The highest BCUT2D eigenvalue weighted by Crippen LogP contribution is 2.37. The molecule has 0 bridgehead atoms. The summed E-state index contributed by atoms with van der Waals surface area (Å²) in [6, 6.07) is 17.2. The van der Waals surface area contributed by atoms with Gasteiger partial charge in [0.25, 0.3) is 5.91 Å². The molecule has 6 rings (SSSR count). The van der Waals surface area contributed by atoms with E-state index in [4.69, 9.17) is 33.9 Å². The number of hydrogen-bond donors (Lipinski definition) is 1. The van der Waals surface area contributed by atoms with Crippen LogP contribution in [-0.2, 0) is 4.79 Å². The van der Waals surface area contributed by atoms with E-state index in [9.17, 15) is 9.59 Å². The average molecular weight is 559 g/mol. The van der Waals surface area contributed by atoms with E-state index in [0.29, 0.717) is 26.9 Å². The van der Waals surface area contributed by atoms with E-state index < -0.39 is 5.91 Å². The predicted molar refractivity (Wildman–Crippen MR) is 154 cm³/mol. The van der Waals surface area contributed by atoms with Gasteiger partial charge in [-0.1, -0.05) is 41.4 Å². The Labute approximate surface area is 234 Å². The molecule has 3 aromatic heterocycles. The summed E-state index contributed by atoms with van der Waals surface area (Å²) in [6.07, 6.45) is 3.55. The van der Waals surface area contributed by atoms with Crippen molar-refractivity contribution in [1.29, 1.82) is 0 Å². The van der Waals surface area contributed by atoms with Crippen LogP contribution in [0.4, 0.5) is 5.69 Å². The number of pyridine rings is 2. The SMILES string of the molecule is CC(=O)N1CCN(c2ccc(-c3cnc4ccn5c(C(N)=O)c(-c6c(Cl)cccc6Cl)nc5c4c3)cc2)CC1. The van der Waals surface area contributed by atoms with Gasteiger partial charge in [0.05, 0.1) is 15.6 Å². The Morgan fingerprint density at radius 3 is 2.26 bits per heavy atom. The molecule has 8 nitrogen and oxygen atoms in total. The van der Waals surface area contributed by atoms with Crippen molar-refractivity contribution in [3.63, 3.8) is 0 Å². The summed E-state index contributed by atoms with van der Waals surface area (Å²) in [5.74, 6) is -0.526. The normalized spacial score (nSPS) is 13.8. The zero-order valence-electron chi connectivity index (χ0n) is 21.1. The summed E-state index contributed by atoms with van der Waals surface area (Å²) in [4.78, 5) is 37.8. The maximum Gasteiger partial charge on any atom is 0.268 e. The lowest BCUT2D eigenvalue weighted by Crippen LogP contribution is -2.48. The summed E-state index contributed by atoms with van der Waals surface area (Å²) in [5, 5.41) is 1.51. The number of aromatic nitrogens is 3. The lowest BCUT2D eigenvalue weighted by Gasteiger charge is -2.35. The Kier molecular flexibility index (Phi) is 6.37. The standard InChI is InChI=1S/C29H24Cl2N6O2/c1-17(38)35-11-13-36(14-12-35)20-7-5-18(6-8-20)19-15-21-24(33-16-19)9-10-37-27(28(32)39)26(34-29(21)37)25-22(30)3-2-4-23(25)31/h2-10,15-16H,11-14H2,1H3,(H2,32,39). The number of fused-ring (bicyclic) bond motifs is 3. The number of amides is 2. The summed E-state index contributed by atoms with van der Waals surface area (Å²) < 4.78 is 1.66. The largest absolute Gasteiger partial charge is 0.368 e. The number of nitrogens with two attached hydrogens (primary N) is 1. The zero-order valence-corrected chi connectivity index (χ0v) is 22.6. The van der Waals surface area contributed by atoms with Crippen molar-refractivity contribution in [2.75, 3.05) is 31.1 Å².